The Morgan fingerprint density at radius 1 is 0.867 bits per heavy atom. The Morgan fingerprint density at radius 3 is 2.30 bits per heavy atom. The summed E-state index contributed by atoms with van der Waals surface area (Å²) < 4.78 is 10.7. The van der Waals surface area contributed by atoms with E-state index in [-0.39, 0.29) is 11.5 Å². The van der Waals surface area contributed by atoms with Gasteiger partial charge in [-0.2, -0.15) is 0 Å². The van der Waals surface area contributed by atoms with Gasteiger partial charge in [0.25, 0.3) is 5.91 Å². The number of nitrogens with zero attached hydrogens (tertiary/aromatic N) is 1. The molecule has 148 valence electrons. The largest absolute Gasteiger partial charge is 0.465 e. The molecule has 4 rings (SSSR count). The third kappa shape index (κ3) is 3.84. The number of esters is 1. The average Bonchev–Trinajstić information content (AvgIpc) is 3.30. The van der Waals surface area contributed by atoms with Crippen LogP contribution in [0.2, 0.25) is 0 Å². The molecule has 3 aromatic carbocycles. The summed E-state index contributed by atoms with van der Waals surface area (Å²) in [6, 6.07) is 23.3. The molecule has 0 saturated carbocycles. The summed E-state index contributed by atoms with van der Waals surface area (Å²) in [5, 5.41) is 2.78. The molecule has 0 aliphatic heterocycles. The number of hydrogen-bond acceptors (Lipinski definition) is 5. The number of nitrogens with one attached hydrogen (secondary N) is 1. The van der Waals surface area contributed by atoms with Crippen LogP contribution in [0.4, 0.5) is 5.69 Å². The number of amides is 1. The van der Waals surface area contributed by atoms with E-state index in [4.69, 9.17) is 9.15 Å². The maximum atomic E-state index is 13.0. The van der Waals surface area contributed by atoms with Crippen molar-refractivity contribution in [3.05, 3.63) is 96.2 Å². The van der Waals surface area contributed by atoms with E-state index in [9.17, 15) is 9.59 Å². The minimum atomic E-state index is -0.528. The van der Waals surface area contributed by atoms with E-state index >= 15 is 0 Å². The Kier molecular flexibility index (Phi) is 5.39. The molecule has 0 bridgehead atoms. The summed E-state index contributed by atoms with van der Waals surface area (Å²) in [6.45, 7) is 0. The van der Waals surface area contributed by atoms with E-state index in [1.165, 1.54) is 7.11 Å². The van der Waals surface area contributed by atoms with Gasteiger partial charge >= 0.3 is 5.97 Å². The molecule has 4 aromatic rings. The lowest BCUT2D eigenvalue weighted by Crippen LogP contribution is -2.16. The first-order valence-electron chi connectivity index (χ1n) is 9.26. The molecule has 6 nitrogen and oxygen atoms in total. The zero-order valence-corrected chi connectivity index (χ0v) is 16.2. The molecule has 0 fully saturated rings. The Hall–Kier alpha value is -4.19. The molecule has 1 heterocycles. The highest BCUT2D eigenvalue weighted by atomic mass is 16.5. The van der Waals surface area contributed by atoms with Crippen molar-refractivity contribution in [1.29, 1.82) is 0 Å². The second-order valence-corrected chi connectivity index (χ2v) is 6.43. The summed E-state index contributed by atoms with van der Waals surface area (Å²) >= 11 is 0. The minimum absolute atomic E-state index is 0.272. The van der Waals surface area contributed by atoms with E-state index in [1.54, 1.807) is 54.7 Å². The molecule has 1 amide bonds. The standard InChI is InChI=1S/C24H18N2O4/c1-29-24(28)19-13-7-8-14-20(19)26-22(27)17-11-5-6-12-18(17)23-25-15-21(30-23)16-9-3-2-4-10-16/h2-15H,1H3,(H,26,27). The zero-order chi connectivity index (χ0) is 20.9. The number of methoxy groups -OCH3 is 1. The predicted octanol–water partition coefficient (Wildman–Crippen LogP) is 5.05. The molecule has 0 atom stereocenters. The van der Waals surface area contributed by atoms with E-state index in [2.05, 4.69) is 10.3 Å². The van der Waals surface area contributed by atoms with Gasteiger partial charge < -0.3 is 14.5 Å². The van der Waals surface area contributed by atoms with Crippen molar-refractivity contribution in [1.82, 2.24) is 4.98 Å². The highest BCUT2D eigenvalue weighted by Crippen LogP contribution is 2.29. The minimum Gasteiger partial charge on any atom is -0.465 e. The van der Waals surface area contributed by atoms with Crippen LogP contribution in [-0.2, 0) is 4.74 Å². The number of hydrogen-bond donors (Lipinski definition) is 1. The second-order valence-electron chi connectivity index (χ2n) is 6.43. The molecule has 0 spiro atoms. The number of ether oxygens (including phenoxy) is 1. The first-order valence-corrected chi connectivity index (χ1v) is 9.26. The fourth-order valence-electron chi connectivity index (χ4n) is 3.07. The van der Waals surface area contributed by atoms with Crippen LogP contribution < -0.4 is 5.32 Å². The quantitative estimate of drug-likeness (QED) is 0.476. The third-order valence-corrected chi connectivity index (χ3v) is 4.55. The number of rotatable bonds is 5. The van der Waals surface area contributed by atoms with Crippen LogP contribution in [0.3, 0.4) is 0 Å². The number of benzene rings is 3. The first kappa shape index (κ1) is 19.1. The van der Waals surface area contributed by atoms with Crippen molar-refractivity contribution in [2.75, 3.05) is 12.4 Å². The lowest BCUT2D eigenvalue weighted by molar-refractivity contribution is 0.0602. The molecule has 0 radical (unpaired) electrons. The Morgan fingerprint density at radius 2 is 1.53 bits per heavy atom. The summed E-state index contributed by atoms with van der Waals surface area (Å²) in [6.07, 6.45) is 1.63. The normalized spacial score (nSPS) is 10.4. The number of oxazole rings is 1. The van der Waals surface area contributed by atoms with Crippen molar-refractivity contribution in [2.45, 2.75) is 0 Å². The lowest BCUT2D eigenvalue weighted by atomic mass is 10.1. The van der Waals surface area contributed by atoms with E-state index in [1.807, 2.05) is 30.3 Å². The van der Waals surface area contributed by atoms with Crippen molar-refractivity contribution >= 4 is 17.6 Å². The van der Waals surface area contributed by atoms with Crippen molar-refractivity contribution < 1.29 is 18.7 Å². The molecular weight excluding hydrogens is 380 g/mol. The van der Waals surface area contributed by atoms with Crippen LogP contribution in [0.5, 0.6) is 0 Å². The second kappa shape index (κ2) is 8.45. The fourth-order valence-corrected chi connectivity index (χ4v) is 3.07. The van der Waals surface area contributed by atoms with Gasteiger partial charge in [-0.15, -0.1) is 0 Å². The van der Waals surface area contributed by atoms with Gasteiger partial charge in [0.1, 0.15) is 0 Å². The van der Waals surface area contributed by atoms with Crippen LogP contribution in [0.25, 0.3) is 22.8 Å². The van der Waals surface area contributed by atoms with Gasteiger partial charge in [0, 0.05) is 11.1 Å². The number of carbonyl (C=O) groups excluding carboxylic acids is 2. The van der Waals surface area contributed by atoms with E-state index in [0.29, 0.717) is 28.5 Å². The van der Waals surface area contributed by atoms with Gasteiger partial charge in [0.15, 0.2) is 5.76 Å². The summed E-state index contributed by atoms with van der Waals surface area (Å²) in [4.78, 5) is 29.3. The molecule has 0 aliphatic carbocycles. The average molecular weight is 398 g/mol. The summed E-state index contributed by atoms with van der Waals surface area (Å²) in [5.41, 5.74) is 2.45. The number of anilines is 1. The number of aromatic nitrogens is 1. The van der Waals surface area contributed by atoms with Crippen molar-refractivity contribution in [3.63, 3.8) is 0 Å². The highest BCUT2D eigenvalue weighted by molar-refractivity contribution is 6.10. The molecule has 0 saturated heterocycles. The maximum absolute atomic E-state index is 13.0. The van der Waals surface area contributed by atoms with Gasteiger partial charge in [-0.3, -0.25) is 4.79 Å². The number of carbonyl (C=O) groups is 2. The van der Waals surface area contributed by atoms with Gasteiger partial charge in [-0.25, -0.2) is 9.78 Å². The Labute approximate surface area is 173 Å². The van der Waals surface area contributed by atoms with Gasteiger partial charge in [-0.1, -0.05) is 54.6 Å². The monoisotopic (exact) mass is 398 g/mol. The third-order valence-electron chi connectivity index (χ3n) is 4.55. The van der Waals surface area contributed by atoms with Crippen LogP contribution in [0, 0.1) is 0 Å². The smallest absolute Gasteiger partial charge is 0.339 e. The van der Waals surface area contributed by atoms with E-state index in [0.717, 1.165) is 5.56 Å². The zero-order valence-electron chi connectivity index (χ0n) is 16.2. The predicted molar refractivity (Wildman–Crippen MR) is 113 cm³/mol. The van der Waals surface area contributed by atoms with Crippen molar-refractivity contribution in [3.8, 4) is 22.8 Å². The Bertz CT molecular complexity index is 1200. The maximum Gasteiger partial charge on any atom is 0.339 e. The van der Waals surface area contributed by atoms with E-state index < -0.39 is 5.97 Å². The molecular formula is C24H18N2O4. The fraction of sp³-hybridized carbons (Fsp3) is 0.0417. The molecule has 0 unspecified atom stereocenters. The van der Waals surface area contributed by atoms with Gasteiger partial charge in [-0.05, 0) is 24.3 Å². The lowest BCUT2D eigenvalue weighted by Gasteiger charge is -2.11. The highest BCUT2D eigenvalue weighted by Gasteiger charge is 2.19. The van der Waals surface area contributed by atoms with Crippen LogP contribution in [-0.4, -0.2) is 24.0 Å². The van der Waals surface area contributed by atoms with Crippen LogP contribution in [0.15, 0.2) is 89.5 Å². The summed E-state index contributed by atoms with van der Waals surface area (Å²) in [7, 11) is 1.29. The first-order chi connectivity index (χ1) is 14.7. The molecule has 1 aromatic heterocycles. The van der Waals surface area contributed by atoms with Crippen LogP contribution >= 0.6 is 0 Å². The van der Waals surface area contributed by atoms with Crippen molar-refractivity contribution in [2.24, 2.45) is 0 Å². The molecule has 30 heavy (non-hydrogen) atoms. The summed E-state index contributed by atoms with van der Waals surface area (Å²) in [5.74, 6) is 0.0264. The SMILES string of the molecule is COC(=O)c1ccccc1NC(=O)c1ccccc1-c1ncc(-c2ccccc2)o1. The van der Waals surface area contributed by atoms with Gasteiger partial charge in [0.2, 0.25) is 5.89 Å². The van der Waals surface area contributed by atoms with Crippen LogP contribution in [0.1, 0.15) is 20.7 Å². The molecule has 1 N–H and O–H groups in total. The molecule has 6 heteroatoms. The number of para-hydroxylation sites is 1. The molecule has 0 aliphatic rings. The Balaban J connectivity index is 1.66. The van der Waals surface area contributed by atoms with Gasteiger partial charge in [0.05, 0.1) is 30.1 Å². The topological polar surface area (TPSA) is 81.4 Å².